The van der Waals surface area contributed by atoms with E-state index in [1.807, 2.05) is 0 Å². The molecule has 0 fully saturated rings. The number of nitrogens with zero attached hydrogens (tertiary/aromatic N) is 5. The molecule has 0 saturated carbocycles. The number of imidazole rings is 1. The molecule has 160 valence electrons. The van der Waals surface area contributed by atoms with Crippen LogP contribution in [0.1, 0.15) is 31.9 Å². The minimum absolute atomic E-state index is 0.0685. The van der Waals surface area contributed by atoms with Crippen LogP contribution in [-0.2, 0) is 28.6 Å². The third-order valence-electron chi connectivity index (χ3n) is 5.23. The predicted molar refractivity (Wildman–Crippen MR) is 110 cm³/mol. The van der Waals surface area contributed by atoms with Gasteiger partial charge in [0, 0.05) is 30.1 Å². The van der Waals surface area contributed by atoms with Gasteiger partial charge in [-0.1, -0.05) is 16.9 Å². The van der Waals surface area contributed by atoms with E-state index in [9.17, 15) is 22.6 Å². The monoisotopic (exact) mass is 437 g/mol. The molecule has 0 aliphatic heterocycles. The van der Waals surface area contributed by atoms with Crippen LogP contribution in [0.5, 0.6) is 0 Å². The number of pyridine rings is 2. The van der Waals surface area contributed by atoms with Crippen molar-refractivity contribution in [1.82, 2.24) is 19.5 Å². The average molecular weight is 437 g/mol. The number of rotatable bonds is 4. The van der Waals surface area contributed by atoms with Gasteiger partial charge in [0.25, 0.3) is 0 Å². The Morgan fingerprint density at radius 3 is 2.37 bits per heavy atom. The molecular weight excluding hydrogens is 415 g/mol. The van der Waals surface area contributed by atoms with E-state index in [1.54, 1.807) is 40.1 Å². The maximum atomic E-state index is 13.3. The van der Waals surface area contributed by atoms with Crippen LogP contribution < -0.4 is 0 Å². The molecule has 0 saturated heterocycles. The van der Waals surface area contributed by atoms with Crippen LogP contribution >= 0.6 is 0 Å². The molecule has 0 aliphatic rings. The van der Waals surface area contributed by atoms with Gasteiger partial charge in [0.1, 0.15) is 11.2 Å². The number of hydrogen-bond donors (Lipinski definition) is 1. The fraction of sp³-hybridized carbons (Fsp3) is 0.400. The second-order valence-electron chi connectivity index (χ2n) is 7.80. The second kappa shape index (κ2) is 7.16. The summed E-state index contributed by atoms with van der Waals surface area (Å²) in [5.74, 6) is 0.627. The van der Waals surface area contributed by atoms with Gasteiger partial charge < -0.3 is 4.57 Å². The maximum Gasteiger partial charge on any atom is 0.417 e. The van der Waals surface area contributed by atoms with E-state index >= 15 is 0 Å². The van der Waals surface area contributed by atoms with E-state index in [1.165, 1.54) is 10.8 Å². The molecule has 0 aromatic carbocycles. The van der Waals surface area contributed by atoms with Crippen LogP contribution in [-0.4, -0.2) is 35.7 Å². The minimum atomic E-state index is -4.53. The lowest BCUT2D eigenvalue weighted by Gasteiger charge is -2.23. The van der Waals surface area contributed by atoms with Crippen molar-refractivity contribution in [3.63, 3.8) is 0 Å². The molecule has 3 aromatic rings. The van der Waals surface area contributed by atoms with Crippen LogP contribution in [0.3, 0.4) is 0 Å². The van der Waals surface area contributed by atoms with E-state index in [4.69, 9.17) is 0 Å². The highest BCUT2D eigenvalue weighted by molar-refractivity contribution is 8.02. The molecule has 0 amide bonds. The smallest absolute Gasteiger partial charge is 0.310 e. The average Bonchev–Trinajstić information content (AvgIpc) is 3.02. The van der Waals surface area contributed by atoms with Crippen LogP contribution in [0.4, 0.5) is 13.2 Å². The third kappa shape index (κ3) is 3.69. The number of nitriles is 1. The molecule has 0 bridgehead atoms. The molecule has 0 aliphatic carbocycles. The van der Waals surface area contributed by atoms with Crippen molar-refractivity contribution in [3.05, 3.63) is 35.7 Å². The molecule has 10 heteroatoms. The lowest BCUT2D eigenvalue weighted by atomic mass is 9.87. The number of thiol groups is 1. The Morgan fingerprint density at radius 1 is 1.17 bits per heavy atom. The molecule has 3 rings (SSSR count). The van der Waals surface area contributed by atoms with E-state index in [0.717, 1.165) is 12.3 Å². The minimum Gasteiger partial charge on any atom is -0.310 e. The van der Waals surface area contributed by atoms with E-state index in [2.05, 4.69) is 21.0 Å². The van der Waals surface area contributed by atoms with Crippen molar-refractivity contribution in [2.45, 2.75) is 37.3 Å². The summed E-state index contributed by atoms with van der Waals surface area (Å²) in [5, 5.41) is 9.45. The van der Waals surface area contributed by atoms with Crippen molar-refractivity contribution in [3.8, 4) is 17.6 Å². The Kier molecular flexibility index (Phi) is 5.23. The summed E-state index contributed by atoms with van der Waals surface area (Å²) < 4.78 is 54.0. The summed E-state index contributed by atoms with van der Waals surface area (Å²) in [6, 6.07) is 4.83. The fourth-order valence-corrected chi connectivity index (χ4v) is 4.36. The van der Waals surface area contributed by atoms with Gasteiger partial charge >= 0.3 is 6.18 Å². The summed E-state index contributed by atoms with van der Waals surface area (Å²) in [4.78, 5) is 13.1. The lowest BCUT2D eigenvalue weighted by molar-refractivity contribution is -0.137. The first kappa shape index (κ1) is 21.9. The Hall–Kier alpha value is -2.80. The van der Waals surface area contributed by atoms with Crippen molar-refractivity contribution in [2.75, 3.05) is 12.0 Å². The van der Waals surface area contributed by atoms with Gasteiger partial charge in [-0.05, 0) is 37.8 Å². The highest BCUT2D eigenvalue weighted by Gasteiger charge is 2.32. The van der Waals surface area contributed by atoms with Gasteiger partial charge in [-0.15, -0.1) is 0 Å². The zero-order chi connectivity index (χ0) is 22.5. The fourth-order valence-electron chi connectivity index (χ4n) is 3.01. The summed E-state index contributed by atoms with van der Waals surface area (Å²) in [5.41, 5.74) is -0.490. The normalized spacial score (nSPS) is 13.4. The van der Waals surface area contributed by atoms with Crippen LogP contribution in [0.15, 0.2) is 29.4 Å². The molecule has 0 atom stereocenters. The van der Waals surface area contributed by atoms with Gasteiger partial charge in [0.15, 0.2) is 11.5 Å². The molecule has 6 nitrogen and oxygen atoms in total. The van der Waals surface area contributed by atoms with Gasteiger partial charge in [0.05, 0.1) is 17.0 Å². The number of halogens is 3. The van der Waals surface area contributed by atoms with Crippen molar-refractivity contribution in [1.29, 1.82) is 5.26 Å². The number of fused-ring (bicyclic) bond motifs is 1. The molecule has 30 heavy (non-hydrogen) atoms. The predicted octanol–water partition coefficient (Wildman–Crippen LogP) is 3.88. The molecule has 3 aromatic heterocycles. The Morgan fingerprint density at radius 2 is 1.80 bits per heavy atom. The number of aryl methyl sites for hydroxylation is 1. The SMILES string of the molecule is CC[SH](C)(=O)c1cc(C(C)(C)C#N)cnc1-c1nc2cc(C(F)(F)F)cnc2n1C. The lowest BCUT2D eigenvalue weighted by Crippen LogP contribution is -2.20. The van der Waals surface area contributed by atoms with Gasteiger partial charge in [-0.2, -0.15) is 18.4 Å². The zero-order valence-corrected chi connectivity index (χ0v) is 18.1. The van der Waals surface area contributed by atoms with Crippen LogP contribution in [0.25, 0.3) is 22.7 Å². The van der Waals surface area contributed by atoms with Crippen molar-refractivity contribution < 1.29 is 17.4 Å². The van der Waals surface area contributed by atoms with Crippen molar-refractivity contribution in [2.24, 2.45) is 7.05 Å². The van der Waals surface area contributed by atoms with E-state index in [-0.39, 0.29) is 17.0 Å². The number of aromatic nitrogens is 4. The first-order chi connectivity index (χ1) is 13.8. The van der Waals surface area contributed by atoms with Crippen LogP contribution in [0.2, 0.25) is 0 Å². The molecule has 0 spiro atoms. The number of hydrogen-bond acceptors (Lipinski definition) is 5. The zero-order valence-electron chi connectivity index (χ0n) is 17.2. The van der Waals surface area contributed by atoms with Gasteiger partial charge in [-0.3, -0.25) is 9.19 Å². The largest absolute Gasteiger partial charge is 0.417 e. The molecule has 0 N–H and O–H groups in total. The number of alkyl halides is 3. The van der Waals surface area contributed by atoms with E-state index in [0.29, 0.717) is 21.9 Å². The van der Waals surface area contributed by atoms with Gasteiger partial charge in [0.2, 0.25) is 0 Å². The molecular formula is C20H22F3N5OS. The standard InChI is InChI=1S/C20H22F3N5OS/c1-6-30(5,29)15-8-12(19(2,3)11-24)9-25-16(15)18-27-14-7-13(20(21,22)23)10-26-17(14)28(18)4/h7-10,30H,6H2,1-5H3. The Bertz CT molecular complexity index is 1220. The highest BCUT2D eigenvalue weighted by atomic mass is 32.2. The summed E-state index contributed by atoms with van der Waals surface area (Å²) in [7, 11) is -1.24. The summed E-state index contributed by atoms with van der Waals surface area (Å²) in [6.07, 6.45) is -0.628. The summed E-state index contributed by atoms with van der Waals surface area (Å²) in [6.45, 7) is 5.26. The van der Waals surface area contributed by atoms with Gasteiger partial charge in [-0.25, -0.2) is 9.97 Å². The highest BCUT2D eigenvalue weighted by Crippen LogP contribution is 2.35. The quantitative estimate of drug-likeness (QED) is 0.627. The third-order valence-corrected chi connectivity index (χ3v) is 7.80. The maximum absolute atomic E-state index is 13.3. The van der Waals surface area contributed by atoms with E-state index < -0.39 is 27.1 Å². The summed E-state index contributed by atoms with van der Waals surface area (Å²) >= 11 is 0. The molecule has 0 radical (unpaired) electrons. The molecule has 3 heterocycles. The topological polar surface area (TPSA) is 84.5 Å². The first-order valence-electron chi connectivity index (χ1n) is 9.20. The second-order valence-corrected chi connectivity index (χ2v) is 11.1. The Balaban J connectivity index is 2.29. The van der Waals surface area contributed by atoms with Crippen LogP contribution in [0, 0.1) is 11.3 Å². The van der Waals surface area contributed by atoms with Crippen molar-refractivity contribution >= 4 is 21.1 Å². The Labute approximate surface area is 173 Å². The molecule has 0 unspecified atom stereocenters. The first-order valence-corrected chi connectivity index (χ1v) is 11.5.